The van der Waals surface area contributed by atoms with E-state index in [-0.39, 0.29) is 0 Å². The van der Waals surface area contributed by atoms with E-state index in [1.807, 2.05) is 25.1 Å². The average Bonchev–Trinajstić information content (AvgIpc) is 2.76. The maximum Gasteiger partial charge on any atom is 0.232 e. The molecule has 5 heteroatoms. The Labute approximate surface area is 105 Å². The molecular weight excluding hydrogens is 230 g/mol. The van der Waals surface area contributed by atoms with E-state index >= 15 is 0 Å². The second-order valence-electron chi connectivity index (χ2n) is 4.50. The summed E-state index contributed by atoms with van der Waals surface area (Å²) in [6, 6.07) is 5.87. The van der Waals surface area contributed by atoms with Gasteiger partial charge in [0.05, 0.1) is 13.0 Å². The number of aromatic nitrogens is 2. The van der Waals surface area contributed by atoms with Gasteiger partial charge in [0.2, 0.25) is 11.7 Å². The van der Waals surface area contributed by atoms with Crippen LogP contribution < -0.4 is 10.1 Å². The molecule has 3 rings (SSSR count). The van der Waals surface area contributed by atoms with Gasteiger partial charge in [0.25, 0.3) is 0 Å². The molecule has 1 aliphatic rings. The summed E-state index contributed by atoms with van der Waals surface area (Å²) in [5.41, 5.74) is 2.02. The van der Waals surface area contributed by atoms with E-state index in [0.717, 1.165) is 35.9 Å². The van der Waals surface area contributed by atoms with Crippen LogP contribution in [0.1, 0.15) is 17.4 Å². The molecule has 1 aromatic heterocycles. The summed E-state index contributed by atoms with van der Waals surface area (Å²) in [5.74, 6) is 2.59. The molecular formula is C13H15N3O2. The van der Waals surface area contributed by atoms with Gasteiger partial charge < -0.3 is 14.6 Å². The summed E-state index contributed by atoms with van der Waals surface area (Å²) in [5, 5.41) is 7.22. The molecule has 0 atom stereocenters. The number of methoxy groups -OCH3 is 1. The quantitative estimate of drug-likeness (QED) is 0.892. The van der Waals surface area contributed by atoms with Crippen LogP contribution in [0, 0.1) is 6.92 Å². The number of hydrogen-bond donors (Lipinski definition) is 1. The number of nitrogens with zero attached hydrogens (tertiary/aromatic N) is 2. The molecule has 0 amide bonds. The first kappa shape index (κ1) is 11.2. The van der Waals surface area contributed by atoms with Crippen molar-refractivity contribution in [2.24, 2.45) is 0 Å². The average molecular weight is 245 g/mol. The minimum atomic E-state index is 0.366. The normalized spacial score (nSPS) is 15.4. The number of rotatable bonds is 3. The van der Waals surface area contributed by atoms with E-state index in [0.29, 0.717) is 11.7 Å². The topological polar surface area (TPSA) is 60.2 Å². The first-order valence-corrected chi connectivity index (χ1v) is 5.97. The fraction of sp³-hybridized carbons (Fsp3) is 0.385. The lowest BCUT2D eigenvalue weighted by molar-refractivity contribution is 0.308. The summed E-state index contributed by atoms with van der Waals surface area (Å²) in [7, 11) is 1.66. The first-order valence-electron chi connectivity index (χ1n) is 5.97. The summed E-state index contributed by atoms with van der Waals surface area (Å²) in [6.45, 7) is 3.84. The number of aryl methyl sites for hydroxylation is 1. The first-order chi connectivity index (χ1) is 8.78. The lowest BCUT2D eigenvalue weighted by Crippen LogP contribution is -2.40. The van der Waals surface area contributed by atoms with Crippen molar-refractivity contribution < 1.29 is 9.26 Å². The van der Waals surface area contributed by atoms with Gasteiger partial charge in [-0.3, -0.25) is 0 Å². The van der Waals surface area contributed by atoms with Crippen molar-refractivity contribution in [3.8, 4) is 17.1 Å². The second-order valence-corrected chi connectivity index (χ2v) is 4.50. The lowest BCUT2D eigenvalue weighted by atomic mass is 10.0. The van der Waals surface area contributed by atoms with Gasteiger partial charge in [0, 0.05) is 18.7 Å². The van der Waals surface area contributed by atoms with Gasteiger partial charge >= 0.3 is 0 Å². The van der Waals surface area contributed by atoms with Gasteiger partial charge in [-0.15, -0.1) is 0 Å². The van der Waals surface area contributed by atoms with Crippen molar-refractivity contribution in [2.75, 3.05) is 20.2 Å². The third kappa shape index (κ3) is 1.86. The Morgan fingerprint density at radius 3 is 2.83 bits per heavy atom. The number of benzene rings is 1. The molecule has 5 nitrogen and oxygen atoms in total. The zero-order valence-corrected chi connectivity index (χ0v) is 10.4. The molecule has 0 radical (unpaired) electrons. The number of nitrogens with one attached hydrogen (secondary N) is 1. The van der Waals surface area contributed by atoms with Crippen LogP contribution in [0.2, 0.25) is 0 Å². The van der Waals surface area contributed by atoms with Gasteiger partial charge in [-0.05, 0) is 30.7 Å². The monoisotopic (exact) mass is 245 g/mol. The van der Waals surface area contributed by atoms with Crippen LogP contribution in [0.4, 0.5) is 0 Å². The summed E-state index contributed by atoms with van der Waals surface area (Å²) in [6.07, 6.45) is 0. The lowest BCUT2D eigenvalue weighted by Gasteiger charge is -2.22. The maximum absolute atomic E-state index is 5.29. The molecule has 0 spiro atoms. The minimum absolute atomic E-state index is 0.366. The van der Waals surface area contributed by atoms with Crippen molar-refractivity contribution >= 4 is 0 Å². The van der Waals surface area contributed by atoms with Crippen molar-refractivity contribution in [2.45, 2.75) is 12.8 Å². The highest BCUT2D eigenvalue weighted by molar-refractivity contribution is 5.58. The van der Waals surface area contributed by atoms with Gasteiger partial charge in [0.1, 0.15) is 5.75 Å². The molecule has 2 aromatic rings. The van der Waals surface area contributed by atoms with Crippen LogP contribution in [0.15, 0.2) is 22.7 Å². The van der Waals surface area contributed by atoms with Crippen LogP contribution >= 0.6 is 0 Å². The maximum atomic E-state index is 5.29. The smallest absolute Gasteiger partial charge is 0.232 e. The Morgan fingerprint density at radius 2 is 2.22 bits per heavy atom. The van der Waals surface area contributed by atoms with E-state index in [4.69, 9.17) is 9.26 Å². The van der Waals surface area contributed by atoms with Gasteiger partial charge in [0.15, 0.2) is 0 Å². The van der Waals surface area contributed by atoms with Crippen molar-refractivity contribution in [3.05, 3.63) is 29.7 Å². The summed E-state index contributed by atoms with van der Waals surface area (Å²) in [4.78, 5) is 4.44. The van der Waals surface area contributed by atoms with E-state index < -0.39 is 0 Å². The van der Waals surface area contributed by atoms with Crippen molar-refractivity contribution in [1.82, 2.24) is 15.5 Å². The molecule has 0 aliphatic carbocycles. The molecule has 0 unspecified atom stereocenters. The third-order valence-corrected chi connectivity index (χ3v) is 3.23. The summed E-state index contributed by atoms with van der Waals surface area (Å²) >= 11 is 0. The molecule has 94 valence electrons. The predicted molar refractivity (Wildman–Crippen MR) is 66.6 cm³/mol. The largest absolute Gasteiger partial charge is 0.496 e. The van der Waals surface area contributed by atoms with Crippen LogP contribution in [-0.2, 0) is 0 Å². The molecule has 1 aromatic carbocycles. The molecule has 2 heterocycles. The Bertz CT molecular complexity index is 561. The number of hydrogen-bond acceptors (Lipinski definition) is 5. The minimum Gasteiger partial charge on any atom is -0.496 e. The van der Waals surface area contributed by atoms with E-state index in [9.17, 15) is 0 Å². The van der Waals surface area contributed by atoms with E-state index in [2.05, 4.69) is 15.5 Å². The molecule has 1 saturated heterocycles. The molecule has 1 N–H and O–H groups in total. The van der Waals surface area contributed by atoms with Gasteiger partial charge in [-0.1, -0.05) is 5.16 Å². The molecule has 1 aliphatic heterocycles. The zero-order valence-electron chi connectivity index (χ0n) is 10.4. The zero-order chi connectivity index (χ0) is 12.5. The molecule has 0 saturated carbocycles. The van der Waals surface area contributed by atoms with E-state index in [1.54, 1.807) is 7.11 Å². The van der Waals surface area contributed by atoms with Crippen LogP contribution in [0.25, 0.3) is 11.4 Å². The fourth-order valence-corrected chi connectivity index (χ4v) is 2.00. The van der Waals surface area contributed by atoms with Crippen molar-refractivity contribution in [1.29, 1.82) is 0 Å². The van der Waals surface area contributed by atoms with Gasteiger partial charge in [-0.25, -0.2) is 0 Å². The Hall–Kier alpha value is -1.88. The fourth-order valence-electron chi connectivity index (χ4n) is 2.00. The molecule has 1 fully saturated rings. The van der Waals surface area contributed by atoms with Crippen molar-refractivity contribution in [3.63, 3.8) is 0 Å². The number of ether oxygens (including phenoxy) is 1. The Kier molecular flexibility index (Phi) is 2.76. The highest BCUT2D eigenvalue weighted by Gasteiger charge is 2.25. The highest BCUT2D eigenvalue weighted by Crippen LogP contribution is 2.26. The SMILES string of the molecule is COc1ccc(-c2noc(C3CNC3)n2)cc1C. The third-order valence-electron chi connectivity index (χ3n) is 3.23. The van der Waals surface area contributed by atoms with Crippen LogP contribution in [0.5, 0.6) is 5.75 Å². The summed E-state index contributed by atoms with van der Waals surface area (Å²) < 4.78 is 10.5. The standard InChI is InChI=1S/C13H15N3O2/c1-8-5-9(3-4-11(8)17-2)12-15-13(18-16-12)10-6-14-7-10/h3-5,10,14H,6-7H2,1-2H3. The highest BCUT2D eigenvalue weighted by atomic mass is 16.5. The van der Waals surface area contributed by atoms with Crippen LogP contribution in [0.3, 0.4) is 0 Å². The molecule has 18 heavy (non-hydrogen) atoms. The van der Waals surface area contributed by atoms with E-state index in [1.165, 1.54) is 0 Å². The predicted octanol–water partition coefficient (Wildman–Crippen LogP) is 1.74. The van der Waals surface area contributed by atoms with Crippen LogP contribution in [-0.4, -0.2) is 30.3 Å². The Morgan fingerprint density at radius 1 is 1.39 bits per heavy atom. The van der Waals surface area contributed by atoms with Gasteiger partial charge in [-0.2, -0.15) is 4.98 Å². The molecule has 0 bridgehead atoms. The second kappa shape index (κ2) is 4.42. The Balaban J connectivity index is 1.89.